The molecule has 122 valence electrons. The zero-order chi connectivity index (χ0) is 15.9. The lowest BCUT2D eigenvalue weighted by Gasteiger charge is -2.46. The predicted molar refractivity (Wildman–Crippen MR) is 96.7 cm³/mol. The fourth-order valence-electron chi connectivity index (χ4n) is 3.13. The molecule has 0 spiro atoms. The number of thiophene rings is 1. The number of halogens is 1. The van der Waals surface area contributed by atoms with E-state index in [0.29, 0.717) is 6.04 Å². The van der Waals surface area contributed by atoms with Crippen molar-refractivity contribution in [2.24, 2.45) is 0 Å². The minimum Gasteiger partial charge on any atom is -0.312 e. The average molecular weight is 331 g/mol. The van der Waals surface area contributed by atoms with Crippen LogP contribution in [0.5, 0.6) is 0 Å². The van der Waals surface area contributed by atoms with E-state index in [1.54, 1.807) is 11.3 Å². The molecule has 0 aliphatic rings. The van der Waals surface area contributed by atoms with Crippen LogP contribution >= 0.6 is 22.9 Å². The van der Waals surface area contributed by atoms with Gasteiger partial charge >= 0.3 is 0 Å². The minimum atomic E-state index is 0.176. The van der Waals surface area contributed by atoms with Gasteiger partial charge in [-0.05, 0) is 58.0 Å². The molecule has 4 heteroatoms. The molecular formula is C17H31ClN2S. The van der Waals surface area contributed by atoms with Gasteiger partial charge in [-0.3, -0.25) is 4.90 Å². The Balaban J connectivity index is 2.96. The van der Waals surface area contributed by atoms with Crippen molar-refractivity contribution in [2.75, 3.05) is 19.6 Å². The van der Waals surface area contributed by atoms with E-state index in [0.717, 1.165) is 36.8 Å². The van der Waals surface area contributed by atoms with Crippen molar-refractivity contribution in [2.45, 2.75) is 65.5 Å². The first-order chi connectivity index (χ1) is 10.0. The van der Waals surface area contributed by atoms with Gasteiger partial charge in [0.25, 0.3) is 0 Å². The number of rotatable bonds is 10. The number of nitrogens with zero attached hydrogens (tertiary/aromatic N) is 1. The molecule has 0 aliphatic carbocycles. The van der Waals surface area contributed by atoms with Crippen LogP contribution in [0.3, 0.4) is 0 Å². The summed E-state index contributed by atoms with van der Waals surface area (Å²) in [6, 6.07) is 4.64. The summed E-state index contributed by atoms with van der Waals surface area (Å²) >= 11 is 7.81. The Labute approximate surface area is 139 Å². The van der Waals surface area contributed by atoms with Crippen LogP contribution in [0.25, 0.3) is 0 Å². The van der Waals surface area contributed by atoms with Crippen LogP contribution in [0.1, 0.15) is 52.3 Å². The average Bonchev–Trinajstić information content (AvgIpc) is 2.89. The molecule has 0 saturated carbocycles. The quantitative estimate of drug-likeness (QED) is 0.661. The summed E-state index contributed by atoms with van der Waals surface area (Å²) in [7, 11) is 0. The van der Waals surface area contributed by atoms with Gasteiger partial charge in [-0.2, -0.15) is 0 Å². The Bertz CT molecular complexity index is 403. The molecule has 2 nitrogen and oxygen atoms in total. The molecule has 2 unspecified atom stereocenters. The Kier molecular flexibility index (Phi) is 8.25. The Hall–Kier alpha value is -0.0900. The predicted octanol–water partition coefficient (Wildman–Crippen LogP) is 4.82. The Morgan fingerprint density at radius 3 is 2.33 bits per heavy atom. The molecule has 1 N–H and O–H groups in total. The molecule has 0 aliphatic heterocycles. The lowest BCUT2D eigenvalue weighted by Crippen LogP contribution is -2.60. The van der Waals surface area contributed by atoms with Crippen LogP contribution in [0, 0.1) is 0 Å². The van der Waals surface area contributed by atoms with Crippen LogP contribution in [-0.2, 0) is 6.42 Å². The largest absolute Gasteiger partial charge is 0.312 e. The fourth-order valence-corrected chi connectivity index (χ4v) is 4.26. The second-order valence-corrected chi connectivity index (χ2v) is 7.60. The van der Waals surface area contributed by atoms with Gasteiger partial charge in [0, 0.05) is 16.5 Å². The molecule has 1 aromatic heterocycles. The third-order valence-electron chi connectivity index (χ3n) is 4.63. The maximum atomic E-state index is 6.10. The topological polar surface area (TPSA) is 15.3 Å². The van der Waals surface area contributed by atoms with Crippen LogP contribution in [-0.4, -0.2) is 36.1 Å². The van der Waals surface area contributed by atoms with Crippen molar-refractivity contribution in [1.82, 2.24) is 10.2 Å². The smallest absolute Gasteiger partial charge is 0.0931 e. The first-order valence-corrected chi connectivity index (χ1v) is 9.43. The maximum Gasteiger partial charge on any atom is 0.0931 e. The van der Waals surface area contributed by atoms with Gasteiger partial charge in [-0.25, -0.2) is 0 Å². The number of nitrogens with one attached hydrogen (secondary N) is 1. The molecule has 0 amide bonds. The third-order valence-corrected chi connectivity index (χ3v) is 5.88. The van der Waals surface area contributed by atoms with Crippen molar-refractivity contribution >= 4 is 22.9 Å². The summed E-state index contributed by atoms with van der Waals surface area (Å²) < 4.78 is 0.889. The highest BCUT2D eigenvalue weighted by molar-refractivity contribution is 7.16. The SMILES string of the molecule is CCCNC(Cc1ccc(Cl)s1)C(C)(CC)N(CC)CC. The number of hydrogen-bond donors (Lipinski definition) is 1. The zero-order valence-corrected chi connectivity index (χ0v) is 15.8. The molecule has 0 bridgehead atoms. The summed E-state index contributed by atoms with van der Waals surface area (Å²) in [5, 5.41) is 3.79. The monoisotopic (exact) mass is 330 g/mol. The van der Waals surface area contributed by atoms with Gasteiger partial charge in [0.05, 0.1) is 4.34 Å². The van der Waals surface area contributed by atoms with Gasteiger partial charge in [-0.15, -0.1) is 11.3 Å². The van der Waals surface area contributed by atoms with E-state index in [1.807, 2.05) is 6.07 Å². The molecule has 1 rings (SSSR count). The molecule has 1 aromatic rings. The highest BCUT2D eigenvalue weighted by atomic mass is 35.5. The molecule has 0 fully saturated rings. The van der Waals surface area contributed by atoms with Crippen molar-refractivity contribution < 1.29 is 0 Å². The molecule has 0 aromatic carbocycles. The maximum absolute atomic E-state index is 6.10. The Morgan fingerprint density at radius 2 is 1.90 bits per heavy atom. The zero-order valence-electron chi connectivity index (χ0n) is 14.2. The highest BCUT2D eigenvalue weighted by Crippen LogP contribution is 2.29. The van der Waals surface area contributed by atoms with Gasteiger partial charge in [-0.1, -0.05) is 39.3 Å². The summed E-state index contributed by atoms with van der Waals surface area (Å²) in [4.78, 5) is 3.97. The first kappa shape index (κ1) is 19.0. The standard InChI is InChI=1S/C17H31ClN2S/c1-6-12-19-15(13-14-10-11-16(18)21-14)17(5,7-2)20(8-3)9-4/h10-11,15,19H,6-9,12-13H2,1-5H3. The third kappa shape index (κ3) is 4.95. The second kappa shape index (κ2) is 9.14. The summed E-state index contributed by atoms with van der Waals surface area (Å²) in [6.07, 6.45) is 3.37. The number of likely N-dealkylation sites (N-methyl/N-ethyl adjacent to an activating group) is 1. The lowest BCUT2D eigenvalue weighted by atomic mass is 9.84. The van der Waals surface area contributed by atoms with Gasteiger partial charge in [0.2, 0.25) is 0 Å². The van der Waals surface area contributed by atoms with E-state index in [2.05, 4.69) is 50.9 Å². The normalized spacial score (nSPS) is 16.1. The van der Waals surface area contributed by atoms with Crippen LogP contribution in [0.4, 0.5) is 0 Å². The van der Waals surface area contributed by atoms with E-state index in [4.69, 9.17) is 11.6 Å². The van der Waals surface area contributed by atoms with Gasteiger partial charge < -0.3 is 5.32 Å². The molecule has 21 heavy (non-hydrogen) atoms. The molecule has 2 atom stereocenters. The van der Waals surface area contributed by atoms with Crippen LogP contribution < -0.4 is 5.32 Å². The molecular weight excluding hydrogens is 300 g/mol. The first-order valence-electron chi connectivity index (χ1n) is 8.24. The van der Waals surface area contributed by atoms with Crippen molar-refractivity contribution in [1.29, 1.82) is 0 Å². The minimum absolute atomic E-state index is 0.176. The van der Waals surface area contributed by atoms with E-state index in [1.165, 1.54) is 11.3 Å². The van der Waals surface area contributed by atoms with Crippen molar-refractivity contribution in [3.8, 4) is 0 Å². The lowest BCUT2D eigenvalue weighted by molar-refractivity contribution is 0.0704. The Morgan fingerprint density at radius 1 is 1.24 bits per heavy atom. The van der Waals surface area contributed by atoms with Gasteiger partial charge in [0.1, 0.15) is 0 Å². The van der Waals surface area contributed by atoms with Crippen molar-refractivity contribution in [3.05, 3.63) is 21.3 Å². The molecule has 0 saturated heterocycles. The van der Waals surface area contributed by atoms with Crippen molar-refractivity contribution in [3.63, 3.8) is 0 Å². The molecule has 0 radical (unpaired) electrons. The van der Waals surface area contributed by atoms with E-state index in [9.17, 15) is 0 Å². The van der Waals surface area contributed by atoms with E-state index >= 15 is 0 Å². The number of hydrogen-bond acceptors (Lipinski definition) is 3. The summed E-state index contributed by atoms with van der Waals surface area (Å²) in [5.74, 6) is 0. The summed E-state index contributed by atoms with van der Waals surface area (Å²) in [6.45, 7) is 14.7. The van der Waals surface area contributed by atoms with Gasteiger partial charge in [0.15, 0.2) is 0 Å². The van der Waals surface area contributed by atoms with E-state index in [-0.39, 0.29) is 5.54 Å². The second-order valence-electron chi connectivity index (χ2n) is 5.80. The molecule has 1 heterocycles. The fraction of sp³-hybridized carbons (Fsp3) is 0.765. The van der Waals surface area contributed by atoms with E-state index < -0.39 is 0 Å². The summed E-state index contributed by atoms with van der Waals surface area (Å²) in [5.41, 5.74) is 0.176. The van der Waals surface area contributed by atoms with Crippen LogP contribution in [0.2, 0.25) is 4.34 Å². The van der Waals surface area contributed by atoms with Crippen LogP contribution in [0.15, 0.2) is 12.1 Å². The highest BCUT2D eigenvalue weighted by Gasteiger charge is 2.36.